The minimum atomic E-state index is 0.294. The van der Waals surface area contributed by atoms with Crippen molar-refractivity contribution in [2.45, 2.75) is 25.4 Å². The van der Waals surface area contributed by atoms with Crippen LogP contribution in [-0.2, 0) is 20.0 Å². The Morgan fingerprint density at radius 2 is 2.15 bits per heavy atom. The van der Waals surface area contributed by atoms with Crippen molar-refractivity contribution < 1.29 is 0 Å². The molecule has 0 fully saturated rings. The predicted molar refractivity (Wildman–Crippen MR) is 72.1 cm³/mol. The van der Waals surface area contributed by atoms with Gasteiger partial charge in [0.1, 0.15) is 24.3 Å². The number of anilines is 1. The fourth-order valence-corrected chi connectivity index (χ4v) is 2.63. The molecule has 1 unspecified atom stereocenters. The molecule has 4 heterocycles. The van der Waals surface area contributed by atoms with Gasteiger partial charge in [-0.05, 0) is 6.42 Å². The summed E-state index contributed by atoms with van der Waals surface area (Å²) in [7, 11) is 1.88. The summed E-state index contributed by atoms with van der Waals surface area (Å²) < 4.78 is 3.70. The van der Waals surface area contributed by atoms with Crippen LogP contribution in [0.5, 0.6) is 0 Å². The third-order valence-corrected chi connectivity index (χ3v) is 3.68. The fourth-order valence-electron chi connectivity index (χ4n) is 2.63. The minimum Gasteiger partial charge on any atom is -0.365 e. The molecule has 4 rings (SSSR count). The van der Waals surface area contributed by atoms with Gasteiger partial charge in [-0.15, -0.1) is 0 Å². The van der Waals surface area contributed by atoms with E-state index in [-0.39, 0.29) is 0 Å². The third kappa shape index (κ3) is 1.72. The molecule has 102 valence electrons. The highest BCUT2D eigenvalue weighted by molar-refractivity contribution is 5.86. The number of nitrogens with one attached hydrogen (secondary N) is 1. The Balaban J connectivity index is 1.62. The second-order valence-corrected chi connectivity index (χ2v) is 4.97. The molecule has 1 N–H and O–H groups in total. The van der Waals surface area contributed by atoms with Gasteiger partial charge in [-0.3, -0.25) is 4.68 Å². The summed E-state index contributed by atoms with van der Waals surface area (Å²) in [6.45, 7) is 0.807. The molecule has 0 aliphatic carbocycles. The molecular formula is C12H14N8. The Kier molecular flexibility index (Phi) is 2.41. The van der Waals surface area contributed by atoms with Gasteiger partial charge in [0.25, 0.3) is 0 Å². The Labute approximate surface area is 114 Å². The maximum absolute atomic E-state index is 4.34. The first-order valence-electron chi connectivity index (χ1n) is 6.57. The van der Waals surface area contributed by atoms with E-state index in [4.69, 9.17) is 0 Å². The lowest BCUT2D eigenvalue weighted by molar-refractivity contribution is 0.441. The van der Waals surface area contributed by atoms with Crippen molar-refractivity contribution in [3.05, 3.63) is 24.7 Å². The van der Waals surface area contributed by atoms with Crippen molar-refractivity contribution in [3.8, 4) is 0 Å². The average Bonchev–Trinajstić information content (AvgIpc) is 3.06. The van der Waals surface area contributed by atoms with E-state index < -0.39 is 0 Å². The van der Waals surface area contributed by atoms with Crippen LogP contribution in [0.3, 0.4) is 0 Å². The number of rotatable bonds is 2. The highest BCUT2D eigenvalue weighted by Crippen LogP contribution is 2.21. The monoisotopic (exact) mass is 270 g/mol. The second-order valence-electron chi connectivity index (χ2n) is 4.97. The van der Waals surface area contributed by atoms with Gasteiger partial charge in [-0.2, -0.15) is 10.2 Å². The molecule has 0 radical (unpaired) electrons. The Morgan fingerprint density at radius 3 is 3.10 bits per heavy atom. The molecule has 0 spiro atoms. The van der Waals surface area contributed by atoms with E-state index in [0.29, 0.717) is 6.04 Å². The minimum absolute atomic E-state index is 0.294. The molecule has 3 aromatic rings. The molecule has 8 nitrogen and oxygen atoms in total. The number of aromatic nitrogens is 7. The van der Waals surface area contributed by atoms with Crippen LogP contribution >= 0.6 is 0 Å². The molecule has 1 atom stereocenters. The van der Waals surface area contributed by atoms with E-state index in [2.05, 4.69) is 30.5 Å². The summed E-state index contributed by atoms with van der Waals surface area (Å²) in [6, 6.07) is 0.294. The van der Waals surface area contributed by atoms with Gasteiger partial charge < -0.3 is 5.32 Å². The van der Waals surface area contributed by atoms with Gasteiger partial charge in [0.05, 0.1) is 18.1 Å². The van der Waals surface area contributed by atoms with Crippen LogP contribution in [0.4, 0.5) is 5.82 Å². The maximum atomic E-state index is 4.34. The normalized spacial score (nSPS) is 18.1. The number of fused-ring (bicyclic) bond motifs is 2. The topological polar surface area (TPSA) is 86.3 Å². The van der Waals surface area contributed by atoms with E-state index in [1.807, 2.05) is 11.7 Å². The van der Waals surface area contributed by atoms with Crippen molar-refractivity contribution in [3.63, 3.8) is 0 Å². The van der Waals surface area contributed by atoms with E-state index in [0.717, 1.165) is 42.1 Å². The number of hydrogen-bond acceptors (Lipinski definition) is 6. The third-order valence-electron chi connectivity index (χ3n) is 3.68. The Bertz CT molecular complexity index is 758. The molecule has 0 bridgehead atoms. The summed E-state index contributed by atoms with van der Waals surface area (Å²) in [5.41, 5.74) is 0.833. The van der Waals surface area contributed by atoms with Crippen molar-refractivity contribution in [2.24, 2.45) is 7.05 Å². The Morgan fingerprint density at radius 1 is 1.20 bits per heavy atom. The fraction of sp³-hybridized carbons (Fsp3) is 0.417. The smallest absolute Gasteiger partial charge is 0.163 e. The lowest BCUT2D eigenvalue weighted by atomic mass is 10.1. The largest absolute Gasteiger partial charge is 0.365 e. The van der Waals surface area contributed by atoms with Gasteiger partial charge in [-0.25, -0.2) is 19.6 Å². The number of aryl methyl sites for hydroxylation is 2. The molecular weight excluding hydrogens is 256 g/mol. The Hall–Kier alpha value is -2.51. The van der Waals surface area contributed by atoms with Crippen LogP contribution in [0, 0.1) is 0 Å². The van der Waals surface area contributed by atoms with Gasteiger partial charge in [-0.1, -0.05) is 0 Å². The van der Waals surface area contributed by atoms with Crippen LogP contribution in [0.1, 0.15) is 12.2 Å². The van der Waals surface area contributed by atoms with Gasteiger partial charge in [0, 0.05) is 19.5 Å². The molecule has 20 heavy (non-hydrogen) atoms. The molecule has 1 aliphatic rings. The lowest BCUT2D eigenvalue weighted by Gasteiger charge is -2.24. The van der Waals surface area contributed by atoms with Gasteiger partial charge >= 0.3 is 0 Å². The first kappa shape index (κ1) is 11.3. The second kappa shape index (κ2) is 4.26. The zero-order valence-electron chi connectivity index (χ0n) is 11.1. The molecule has 0 aromatic carbocycles. The molecule has 3 aromatic heterocycles. The molecule has 8 heteroatoms. The summed E-state index contributed by atoms with van der Waals surface area (Å²) in [4.78, 5) is 12.8. The van der Waals surface area contributed by atoms with Crippen LogP contribution in [-0.4, -0.2) is 40.6 Å². The van der Waals surface area contributed by atoms with E-state index in [1.54, 1.807) is 23.5 Å². The summed E-state index contributed by atoms with van der Waals surface area (Å²) >= 11 is 0. The summed E-state index contributed by atoms with van der Waals surface area (Å²) in [5.74, 6) is 1.88. The zero-order valence-corrected chi connectivity index (χ0v) is 11.1. The number of hydrogen-bond donors (Lipinski definition) is 1. The molecule has 0 saturated carbocycles. The SMILES string of the molecule is Cn1ncc2c(NC3CCc4ncnn4C3)ncnc21. The highest BCUT2D eigenvalue weighted by Gasteiger charge is 2.21. The maximum Gasteiger partial charge on any atom is 0.163 e. The van der Waals surface area contributed by atoms with E-state index >= 15 is 0 Å². The quantitative estimate of drug-likeness (QED) is 0.724. The first-order chi connectivity index (χ1) is 9.81. The van der Waals surface area contributed by atoms with E-state index in [1.165, 1.54) is 0 Å². The first-order valence-corrected chi connectivity index (χ1v) is 6.57. The lowest BCUT2D eigenvalue weighted by Crippen LogP contribution is -2.32. The summed E-state index contributed by atoms with van der Waals surface area (Å²) in [6.07, 6.45) is 6.92. The van der Waals surface area contributed by atoms with Gasteiger partial charge in [0.15, 0.2) is 5.65 Å². The van der Waals surface area contributed by atoms with Crippen LogP contribution in [0.2, 0.25) is 0 Å². The van der Waals surface area contributed by atoms with Crippen molar-refractivity contribution in [1.29, 1.82) is 0 Å². The summed E-state index contributed by atoms with van der Waals surface area (Å²) in [5, 5.41) is 12.9. The van der Waals surface area contributed by atoms with Crippen molar-refractivity contribution in [1.82, 2.24) is 34.5 Å². The highest BCUT2D eigenvalue weighted by atomic mass is 15.3. The van der Waals surface area contributed by atoms with Crippen molar-refractivity contribution >= 4 is 16.9 Å². The predicted octanol–water partition coefficient (Wildman–Crippen LogP) is 0.382. The average molecular weight is 270 g/mol. The molecule has 1 aliphatic heterocycles. The standard InChI is InChI=1S/C12H14N8/c1-19-12-9(4-16-19)11(14-6-15-12)18-8-2-3-10-13-7-17-20(10)5-8/h4,6-8H,2-3,5H2,1H3,(H,14,15,18). The van der Waals surface area contributed by atoms with Crippen LogP contribution < -0.4 is 5.32 Å². The zero-order chi connectivity index (χ0) is 13.5. The molecule has 0 amide bonds. The van der Waals surface area contributed by atoms with Gasteiger partial charge in [0.2, 0.25) is 0 Å². The van der Waals surface area contributed by atoms with Crippen molar-refractivity contribution in [2.75, 3.05) is 5.32 Å². The van der Waals surface area contributed by atoms with Crippen LogP contribution in [0.15, 0.2) is 18.9 Å². The van der Waals surface area contributed by atoms with Crippen LogP contribution in [0.25, 0.3) is 11.0 Å². The molecule has 0 saturated heterocycles. The number of nitrogens with zero attached hydrogens (tertiary/aromatic N) is 7. The van der Waals surface area contributed by atoms with E-state index in [9.17, 15) is 0 Å².